The number of rotatable bonds is 2. The van der Waals surface area contributed by atoms with Gasteiger partial charge in [0.15, 0.2) is 5.69 Å². The lowest BCUT2D eigenvalue weighted by Gasteiger charge is -2.14. The van der Waals surface area contributed by atoms with Gasteiger partial charge >= 0.3 is 5.97 Å². The number of carboxylic acid groups (broad SMARTS) is 1. The number of hydrogen-bond acceptors (Lipinski definition) is 3. The molecule has 0 bridgehead atoms. The van der Waals surface area contributed by atoms with Crippen LogP contribution in [0.5, 0.6) is 0 Å². The third-order valence-electron chi connectivity index (χ3n) is 2.86. The zero-order chi connectivity index (χ0) is 11.0. The molecular formula is C10H14N2O3. The van der Waals surface area contributed by atoms with E-state index in [4.69, 9.17) is 5.11 Å². The lowest BCUT2D eigenvalue weighted by molar-refractivity contribution is 0.0638. The first-order valence-corrected chi connectivity index (χ1v) is 5.05. The molecule has 1 aliphatic rings. The quantitative estimate of drug-likeness (QED) is 0.626. The van der Waals surface area contributed by atoms with E-state index in [1.165, 1.54) is 0 Å². The summed E-state index contributed by atoms with van der Waals surface area (Å²) in [6.07, 6.45) is 1.30. The van der Waals surface area contributed by atoms with Gasteiger partial charge in [0.1, 0.15) is 0 Å². The number of fused-ring (bicyclic) bond motifs is 1. The first-order valence-electron chi connectivity index (χ1n) is 5.05. The van der Waals surface area contributed by atoms with Crippen LogP contribution in [0.1, 0.15) is 34.2 Å². The molecule has 0 unspecified atom stereocenters. The molecule has 0 radical (unpaired) electrons. The Morgan fingerprint density at radius 2 is 2.33 bits per heavy atom. The number of carboxylic acids is 1. The minimum absolute atomic E-state index is 0.0196. The molecule has 2 rings (SSSR count). The summed E-state index contributed by atoms with van der Waals surface area (Å²) < 4.78 is 0.845. The Bertz CT molecular complexity index is 409. The predicted octanol–water partition coefficient (Wildman–Crippen LogP) is 0.632. The van der Waals surface area contributed by atoms with Crippen molar-refractivity contribution < 1.29 is 15.1 Å². The number of nitrogens with zero attached hydrogens (tertiary/aromatic N) is 1. The fourth-order valence-corrected chi connectivity index (χ4v) is 2.19. The molecule has 0 saturated heterocycles. The second-order valence-electron chi connectivity index (χ2n) is 3.65. The third-order valence-corrected chi connectivity index (χ3v) is 2.86. The van der Waals surface area contributed by atoms with Gasteiger partial charge in [-0.05, 0) is 17.5 Å². The van der Waals surface area contributed by atoms with E-state index in [0.29, 0.717) is 19.4 Å². The monoisotopic (exact) mass is 210 g/mol. The van der Waals surface area contributed by atoms with Crippen LogP contribution in [-0.2, 0) is 19.4 Å². The fraction of sp³-hybridized carbons (Fsp3) is 0.500. The number of nitrogens with one attached hydrogen (secondary N) is 1. The van der Waals surface area contributed by atoms with Gasteiger partial charge in [-0.3, -0.25) is 0 Å². The van der Waals surface area contributed by atoms with Gasteiger partial charge in [-0.15, -0.1) is 0 Å². The second kappa shape index (κ2) is 3.58. The van der Waals surface area contributed by atoms with Crippen molar-refractivity contribution >= 4 is 5.97 Å². The Balaban J connectivity index is 2.64. The summed E-state index contributed by atoms with van der Waals surface area (Å²) in [5.41, 5.74) is 2.45. The molecule has 0 spiro atoms. The highest BCUT2D eigenvalue weighted by Crippen LogP contribution is 2.25. The van der Waals surface area contributed by atoms with Crippen molar-refractivity contribution in [3.05, 3.63) is 22.5 Å². The van der Waals surface area contributed by atoms with Crippen molar-refractivity contribution in [3.63, 3.8) is 0 Å². The first-order chi connectivity index (χ1) is 7.16. The van der Waals surface area contributed by atoms with Gasteiger partial charge in [-0.25, -0.2) is 4.79 Å². The van der Waals surface area contributed by atoms with E-state index in [-0.39, 0.29) is 5.69 Å². The minimum Gasteiger partial charge on any atom is -0.476 e. The molecule has 5 heteroatoms. The third kappa shape index (κ3) is 1.39. The Morgan fingerprint density at radius 3 is 2.93 bits per heavy atom. The molecule has 3 N–H and O–H groups in total. The molecule has 0 aromatic carbocycles. The van der Waals surface area contributed by atoms with E-state index in [1.54, 1.807) is 0 Å². The van der Waals surface area contributed by atoms with Crippen LogP contribution >= 0.6 is 0 Å². The van der Waals surface area contributed by atoms with Crippen molar-refractivity contribution in [2.24, 2.45) is 0 Å². The van der Waals surface area contributed by atoms with Gasteiger partial charge in [-0.1, -0.05) is 6.92 Å². The highest BCUT2D eigenvalue weighted by molar-refractivity contribution is 5.88. The molecule has 0 saturated carbocycles. The SMILES string of the molecule is CCc1c2c(n(O)c1C(=O)O)CCNC2. The van der Waals surface area contributed by atoms with Crippen LogP contribution in [-0.4, -0.2) is 27.6 Å². The topological polar surface area (TPSA) is 74.5 Å². The summed E-state index contributed by atoms with van der Waals surface area (Å²) in [7, 11) is 0. The molecule has 15 heavy (non-hydrogen) atoms. The van der Waals surface area contributed by atoms with E-state index in [2.05, 4.69) is 5.32 Å². The molecule has 1 aromatic heterocycles. The maximum atomic E-state index is 11.0. The largest absolute Gasteiger partial charge is 0.476 e. The van der Waals surface area contributed by atoms with Crippen LogP contribution in [0.2, 0.25) is 0 Å². The van der Waals surface area contributed by atoms with Crippen molar-refractivity contribution in [1.82, 2.24) is 10.0 Å². The summed E-state index contributed by atoms with van der Waals surface area (Å²) in [5, 5.41) is 22.0. The number of aromatic nitrogens is 1. The summed E-state index contributed by atoms with van der Waals surface area (Å²) in [6, 6.07) is 0. The molecule has 0 amide bonds. The van der Waals surface area contributed by atoms with Gasteiger partial charge in [0.05, 0.1) is 5.69 Å². The summed E-state index contributed by atoms with van der Waals surface area (Å²) in [5.74, 6) is -1.07. The van der Waals surface area contributed by atoms with Gasteiger partial charge in [0, 0.05) is 19.5 Å². The number of hydrogen-bond donors (Lipinski definition) is 3. The van der Waals surface area contributed by atoms with E-state index in [9.17, 15) is 10.0 Å². The van der Waals surface area contributed by atoms with E-state index < -0.39 is 5.97 Å². The molecule has 0 aliphatic carbocycles. The van der Waals surface area contributed by atoms with E-state index in [1.807, 2.05) is 6.92 Å². The molecule has 1 aliphatic heterocycles. The predicted molar refractivity (Wildman–Crippen MR) is 53.4 cm³/mol. The molecule has 5 nitrogen and oxygen atoms in total. The minimum atomic E-state index is -1.07. The van der Waals surface area contributed by atoms with Crippen LogP contribution in [0.4, 0.5) is 0 Å². The normalized spacial score (nSPS) is 15.0. The maximum absolute atomic E-state index is 11.0. The van der Waals surface area contributed by atoms with Gasteiger partial charge < -0.3 is 15.6 Å². The summed E-state index contributed by atoms with van der Waals surface area (Å²) in [4.78, 5) is 11.0. The summed E-state index contributed by atoms with van der Waals surface area (Å²) in [6.45, 7) is 3.32. The van der Waals surface area contributed by atoms with Gasteiger partial charge in [0.25, 0.3) is 0 Å². The zero-order valence-electron chi connectivity index (χ0n) is 8.58. The van der Waals surface area contributed by atoms with Crippen LogP contribution in [0, 0.1) is 0 Å². The van der Waals surface area contributed by atoms with Crippen molar-refractivity contribution in [2.75, 3.05) is 6.54 Å². The van der Waals surface area contributed by atoms with E-state index >= 15 is 0 Å². The van der Waals surface area contributed by atoms with Crippen LogP contribution < -0.4 is 5.32 Å². The Kier molecular flexibility index (Phi) is 2.40. The fourth-order valence-electron chi connectivity index (χ4n) is 2.19. The Labute approximate surface area is 87.3 Å². The smallest absolute Gasteiger partial charge is 0.356 e. The standard InChI is InChI=1S/C10H14N2O3/c1-2-6-7-5-11-4-3-8(7)12(15)9(6)10(13)14/h11,15H,2-5H2,1H3,(H,13,14). The molecule has 82 valence electrons. The Hall–Kier alpha value is -1.49. The van der Waals surface area contributed by atoms with Crippen molar-refractivity contribution in [2.45, 2.75) is 26.3 Å². The van der Waals surface area contributed by atoms with Gasteiger partial charge in [0.2, 0.25) is 0 Å². The van der Waals surface area contributed by atoms with Crippen LogP contribution in [0.25, 0.3) is 0 Å². The maximum Gasteiger partial charge on any atom is 0.356 e. The van der Waals surface area contributed by atoms with Crippen LogP contribution in [0.3, 0.4) is 0 Å². The molecule has 2 heterocycles. The number of aromatic carboxylic acids is 1. The average molecular weight is 210 g/mol. The van der Waals surface area contributed by atoms with E-state index in [0.717, 1.165) is 28.1 Å². The van der Waals surface area contributed by atoms with Crippen molar-refractivity contribution in [1.29, 1.82) is 0 Å². The molecule has 0 fully saturated rings. The molecule has 0 atom stereocenters. The number of carbonyl (C=O) groups is 1. The van der Waals surface area contributed by atoms with Gasteiger partial charge in [-0.2, -0.15) is 4.73 Å². The first kappa shape index (κ1) is 10.0. The van der Waals surface area contributed by atoms with Crippen molar-refractivity contribution in [3.8, 4) is 0 Å². The highest BCUT2D eigenvalue weighted by atomic mass is 16.5. The molecule has 1 aromatic rings. The second-order valence-corrected chi connectivity index (χ2v) is 3.65. The molecular weight excluding hydrogens is 196 g/mol. The highest BCUT2D eigenvalue weighted by Gasteiger charge is 2.26. The average Bonchev–Trinajstić information content (AvgIpc) is 2.52. The Morgan fingerprint density at radius 1 is 1.60 bits per heavy atom. The lowest BCUT2D eigenvalue weighted by Crippen LogP contribution is -2.24. The zero-order valence-corrected chi connectivity index (χ0v) is 8.58. The lowest BCUT2D eigenvalue weighted by atomic mass is 10.0. The summed E-state index contributed by atoms with van der Waals surface area (Å²) >= 11 is 0. The van der Waals surface area contributed by atoms with Crippen LogP contribution in [0.15, 0.2) is 0 Å².